The molecule has 1 aromatic carbocycles. The van der Waals surface area contributed by atoms with Crippen molar-refractivity contribution in [2.24, 2.45) is 5.92 Å². The molecule has 0 unspecified atom stereocenters. The molecule has 1 amide bonds. The van der Waals surface area contributed by atoms with Crippen LogP contribution >= 0.6 is 0 Å². The van der Waals surface area contributed by atoms with Crippen LogP contribution in [-0.2, 0) is 9.59 Å². The summed E-state index contributed by atoms with van der Waals surface area (Å²) in [5.41, 5.74) is 1.98. The molecular weight excluding hydrogens is 258 g/mol. The van der Waals surface area contributed by atoms with Gasteiger partial charge in [-0.1, -0.05) is 18.2 Å². The van der Waals surface area contributed by atoms with Crippen molar-refractivity contribution < 1.29 is 19.4 Å². The molecule has 1 fully saturated rings. The van der Waals surface area contributed by atoms with Gasteiger partial charge >= 0.3 is 5.97 Å². The van der Waals surface area contributed by atoms with Crippen LogP contribution in [0.4, 0.5) is 0 Å². The molecule has 0 spiro atoms. The summed E-state index contributed by atoms with van der Waals surface area (Å²) in [6, 6.07) is 5.81. The van der Waals surface area contributed by atoms with E-state index in [1.807, 2.05) is 32.0 Å². The number of para-hydroxylation sites is 1. The lowest BCUT2D eigenvalue weighted by molar-refractivity contribution is -0.141. The van der Waals surface area contributed by atoms with Crippen molar-refractivity contribution in [3.05, 3.63) is 29.3 Å². The number of carbonyl (C=O) groups is 2. The van der Waals surface area contributed by atoms with Gasteiger partial charge in [0, 0.05) is 13.1 Å². The first-order valence-electron chi connectivity index (χ1n) is 6.68. The predicted octanol–water partition coefficient (Wildman–Crippen LogP) is 1.62. The van der Waals surface area contributed by atoms with Gasteiger partial charge in [0.2, 0.25) is 0 Å². The number of benzene rings is 1. The zero-order valence-electron chi connectivity index (χ0n) is 11.8. The maximum absolute atomic E-state index is 12.0. The number of ether oxygens (including phenoxy) is 1. The molecule has 0 aromatic heterocycles. The standard InChI is InChI=1S/C15H19NO4/c1-10-4-3-5-11(2)14(10)20-9-13(17)16-7-6-12(8-16)15(18)19/h3-5,12H,6-9H2,1-2H3,(H,18,19)/t12-/m1/s1. The number of carbonyl (C=O) groups excluding carboxylic acids is 1. The fraction of sp³-hybridized carbons (Fsp3) is 0.467. The Bertz CT molecular complexity index is 506. The average molecular weight is 277 g/mol. The van der Waals surface area contributed by atoms with Gasteiger partial charge in [-0.05, 0) is 31.4 Å². The Morgan fingerprint density at radius 1 is 1.35 bits per heavy atom. The van der Waals surface area contributed by atoms with Crippen LogP contribution in [0.15, 0.2) is 18.2 Å². The Hall–Kier alpha value is -2.04. The zero-order valence-corrected chi connectivity index (χ0v) is 11.8. The van der Waals surface area contributed by atoms with Gasteiger partial charge in [0.05, 0.1) is 5.92 Å². The number of hydrogen-bond acceptors (Lipinski definition) is 3. The van der Waals surface area contributed by atoms with Crippen LogP contribution in [0, 0.1) is 19.8 Å². The van der Waals surface area contributed by atoms with Crippen LogP contribution in [0.5, 0.6) is 5.75 Å². The highest BCUT2D eigenvalue weighted by Gasteiger charge is 2.30. The Morgan fingerprint density at radius 3 is 2.55 bits per heavy atom. The number of nitrogens with zero attached hydrogens (tertiary/aromatic N) is 1. The summed E-state index contributed by atoms with van der Waals surface area (Å²) in [5, 5.41) is 8.92. The van der Waals surface area contributed by atoms with E-state index in [-0.39, 0.29) is 19.1 Å². The second-order valence-electron chi connectivity index (χ2n) is 5.17. The van der Waals surface area contributed by atoms with E-state index in [4.69, 9.17) is 9.84 Å². The smallest absolute Gasteiger partial charge is 0.308 e. The van der Waals surface area contributed by atoms with Crippen LogP contribution in [-0.4, -0.2) is 41.6 Å². The van der Waals surface area contributed by atoms with E-state index in [0.717, 1.165) is 16.9 Å². The first-order chi connectivity index (χ1) is 9.49. The highest BCUT2D eigenvalue weighted by Crippen LogP contribution is 2.23. The zero-order chi connectivity index (χ0) is 14.7. The predicted molar refractivity (Wildman–Crippen MR) is 73.7 cm³/mol. The quantitative estimate of drug-likeness (QED) is 0.908. The summed E-state index contributed by atoms with van der Waals surface area (Å²) in [6.07, 6.45) is 0.518. The molecule has 0 saturated carbocycles. The summed E-state index contributed by atoms with van der Waals surface area (Å²) in [5.74, 6) is -0.707. The summed E-state index contributed by atoms with van der Waals surface area (Å²) >= 11 is 0. The molecule has 20 heavy (non-hydrogen) atoms. The van der Waals surface area contributed by atoms with Crippen molar-refractivity contribution in [1.82, 2.24) is 4.90 Å². The highest BCUT2D eigenvalue weighted by atomic mass is 16.5. The number of carboxylic acids is 1. The van der Waals surface area contributed by atoms with E-state index in [1.54, 1.807) is 4.90 Å². The lowest BCUT2D eigenvalue weighted by atomic mass is 10.1. The van der Waals surface area contributed by atoms with Gasteiger partial charge in [0.25, 0.3) is 5.91 Å². The van der Waals surface area contributed by atoms with Crippen LogP contribution in [0.2, 0.25) is 0 Å². The number of hydrogen-bond donors (Lipinski definition) is 1. The van der Waals surface area contributed by atoms with E-state index < -0.39 is 11.9 Å². The molecule has 0 aliphatic carbocycles. The van der Waals surface area contributed by atoms with E-state index in [9.17, 15) is 9.59 Å². The number of aliphatic carboxylic acids is 1. The lowest BCUT2D eigenvalue weighted by Gasteiger charge is -2.17. The average Bonchev–Trinajstić information content (AvgIpc) is 2.87. The first-order valence-corrected chi connectivity index (χ1v) is 6.68. The normalized spacial score (nSPS) is 18.1. The number of aryl methyl sites for hydroxylation is 2. The molecule has 1 atom stereocenters. The largest absolute Gasteiger partial charge is 0.483 e. The molecule has 5 nitrogen and oxygen atoms in total. The van der Waals surface area contributed by atoms with Crippen molar-refractivity contribution in [3.8, 4) is 5.75 Å². The van der Waals surface area contributed by atoms with Crippen LogP contribution in [0.25, 0.3) is 0 Å². The van der Waals surface area contributed by atoms with Gasteiger partial charge in [-0.15, -0.1) is 0 Å². The van der Waals surface area contributed by atoms with Gasteiger partial charge in [-0.3, -0.25) is 9.59 Å². The Balaban J connectivity index is 1.92. The summed E-state index contributed by atoms with van der Waals surface area (Å²) in [6.45, 7) is 4.60. The summed E-state index contributed by atoms with van der Waals surface area (Å²) < 4.78 is 5.60. The van der Waals surface area contributed by atoms with Gasteiger partial charge in [0.15, 0.2) is 6.61 Å². The summed E-state index contributed by atoms with van der Waals surface area (Å²) in [7, 11) is 0. The van der Waals surface area contributed by atoms with Gasteiger partial charge in [-0.2, -0.15) is 0 Å². The van der Waals surface area contributed by atoms with Crippen molar-refractivity contribution in [2.45, 2.75) is 20.3 Å². The number of amides is 1. The van der Waals surface area contributed by atoms with Crippen molar-refractivity contribution in [1.29, 1.82) is 0 Å². The molecule has 2 rings (SSSR count). The Kier molecular flexibility index (Phi) is 4.27. The minimum absolute atomic E-state index is 0.0436. The SMILES string of the molecule is Cc1cccc(C)c1OCC(=O)N1CC[C@@H](C(=O)O)C1. The second kappa shape index (κ2) is 5.94. The number of carboxylic acid groups (broad SMARTS) is 1. The lowest BCUT2D eigenvalue weighted by Crippen LogP contribution is -2.34. The van der Waals surface area contributed by atoms with Crippen molar-refractivity contribution in [3.63, 3.8) is 0 Å². The summed E-state index contributed by atoms with van der Waals surface area (Å²) in [4.78, 5) is 24.4. The highest BCUT2D eigenvalue weighted by molar-refractivity contribution is 5.80. The molecule has 108 valence electrons. The van der Waals surface area contributed by atoms with Gasteiger partial charge in [0.1, 0.15) is 5.75 Å². The molecule has 1 heterocycles. The first kappa shape index (κ1) is 14.4. The molecular formula is C15H19NO4. The van der Waals surface area contributed by atoms with E-state index in [1.165, 1.54) is 0 Å². The molecule has 0 bridgehead atoms. The van der Waals surface area contributed by atoms with Crippen molar-refractivity contribution in [2.75, 3.05) is 19.7 Å². The van der Waals surface area contributed by atoms with Crippen molar-refractivity contribution >= 4 is 11.9 Å². The molecule has 1 aliphatic heterocycles. The molecule has 1 aromatic rings. The van der Waals surface area contributed by atoms with E-state index in [2.05, 4.69) is 0 Å². The molecule has 1 aliphatic rings. The van der Waals surface area contributed by atoms with Gasteiger partial charge in [-0.25, -0.2) is 0 Å². The number of likely N-dealkylation sites (tertiary alicyclic amines) is 1. The third-order valence-corrected chi connectivity index (χ3v) is 3.64. The Morgan fingerprint density at radius 2 is 2.00 bits per heavy atom. The Labute approximate surface area is 118 Å². The maximum atomic E-state index is 12.0. The molecule has 1 saturated heterocycles. The van der Waals surface area contributed by atoms with Crippen LogP contribution < -0.4 is 4.74 Å². The van der Waals surface area contributed by atoms with E-state index >= 15 is 0 Å². The molecule has 1 N–H and O–H groups in total. The van der Waals surface area contributed by atoms with Crippen LogP contribution in [0.1, 0.15) is 17.5 Å². The van der Waals surface area contributed by atoms with Gasteiger partial charge < -0.3 is 14.7 Å². The molecule has 0 radical (unpaired) electrons. The topological polar surface area (TPSA) is 66.8 Å². The minimum Gasteiger partial charge on any atom is -0.483 e. The fourth-order valence-electron chi connectivity index (χ4n) is 2.44. The number of rotatable bonds is 4. The second-order valence-corrected chi connectivity index (χ2v) is 5.17. The third kappa shape index (κ3) is 3.10. The maximum Gasteiger partial charge on any atom is 0.308 e. The fourth-order valence-corrected chi connectivity index (χ4v) is 2.44. The minimum atomic E-state index is -0.837. The van der Waals surface area contributed by atoms with Crippen LogP contribution in [0.3, 0.4) is 0 Å². The van der Waals surface area contributed by atoms with E-state index in [0.29, 0.717) is 13.0 Å². The monoisotopic (exact) mass is 277 g/mol. The molecule has 5 heteroatoms. The third-order valence-electron chi connectivity index (χ3n) is 3.64.